The number of esters is 1. The minimum atomic E-state index is -0.349. The molecule has 0 aromatic heterocycles. The third-order valence-corrected chi connectivity index (χ3v) is 5.96. The number of likely N-dealkylation sites (tertiary alicyclic amines) is 1. The SMILES string of the molecule is CC=Cc1c(OCCCOc2cccc(OC(C)=O)c2CCC)ccc(C(=O)N2CCCC2)c1OC. The minimum Gasteiger partial charge on any atom is -0.495 e. The van der Waals surface area contributed by atoms with Gasteiger partial charge in [-0.1, -0.05) is 31.6 Å². The van der Waals surface area contributed by atoms with Crippen LogP contribution in [0.2, 0.25) is 0 Å². The first-order valence-corrected chi connectivity index (χ1v) is 12.7. The van der Waals surface area contributed by atoms with Gasteiger partial charge in [-0.2, -0.15) is 0 Å². The van der Waals surface area contributed by atoms with Crippen LogP contribution in [0.3, 0.4) is 0 Å². The lowest BCUT2D eigenvalue weighted by Gasteiger charge is -2.20. The van der Waals surface area contributed by atoms with Crippen LogP contribution in [0, 0.1) is 0 Å². The van der Waals surface area contributed by atoms with Gasteiger partial charge in [-0.25, -0.2) is 0 Å². The molecule has 3 rings (SSSR count). The van der Waals surface area contributed by atoms with Gasteiger partial charge in [-0.05, 0) is 50.5 Å². The van der Waals surface area contributed by atoms with Crippen molar-refractivity contribution < 1.29 is 28.5 Å². The fourth-order valence-electron chi connectivity index (χ4n) is 4.36. The van der Waals surface area contributed by atoms with Gasteiger partial charge in [0.25, 0.3) is 5.91 Å². The van der Waals surface area contributed by atoms with Crippen molar-refractivity contribution in [3.8, 4) is 23.0 Å². The van der Waals surface area contributed by atoms with E-state index in [1.165, 1.54) is 6.92 Å². The molecule has 1 aliphatic rings. The molecule has 0 saturated carbocycles. The Morgan fingerprint density at radius 1 is 1.00 bits per heavy atom. The van der Waals surface area contributed by atoms with Gasteiger partial charge in [0.15, 0.2) is 0 Å². The number of nitrogens with zero attached hydrogens (tertiary/aromatic N) is 1. The largest absolute Gasteiger partial charge is 0.495 e. The average molecular weight is 496 g/mol. The maximum atomic E-state index is 13.0. The van der Waals surface area contributed by atoms with Crippen LogP contribution >= 0.6 is 0 Å². The Labute approximate surface area is 214 Å². The van der Waals surface area contributed by atoms with Crippen molar-refractivity contribution >= 4 is 18.0 Å². The number of hydrogen-bond donors (Lipinski definition) is 0. The van der Waals surface area contributed by atoms with Gasteiger partial charge in [0, 0.05) is 32.0 Å². The Morgan fingerprint density at radius 3 is 2.33 bits per heavy atom. The molecular formula is C29H37NO6. The van der Waals surface area contributed by atoms with Gasteiger partial charge in [0.05, 0.1) is 31.5 Å². The van der Waals surface area contributed by atoms with Crippen molar-refractivity contribution in [1.29, 1.82) is 0 Å². The molecule has 1 aliphatic heterocycles. The van der Waals surface area contributed by atoms with E-state index in [0.29, 0.717) is 42.4 Å². The molecule has 1 saturated heterocycles. The summed E-state index contributed by atoms with van der Waals surface area (Å²) in [7, 11) is 1.58. The number of carbonyl (C=O) groups is 2. The molecule has 0 bridgehead atoms. The monoisotopic (exact) mass is 495 g/mol. The van der Waals surface area contributed by atoms with Crippen molar-refractivity contribution in [2.75, 3.05) is 33.4 Å². The maximum Gasteiger partial charge on any atom is 0.308 e. The van der Waals surface area contributed by atoms with E-state index in [0.717, 1.165) is 55.6 Å². The molecule has 0 unspecified atom stereocenters. The summed E-state index contributed by atoms with van der Waals surface area (Å²) in [6.07, 6.45) is 8.19. The summed E-state index contributed by atoms with van der Waals surface area (Å²) in [5.41, 5.74) is 2.21. The third-order valence-electron chi connectivity index (χ3n) is 5.96. The molecule has 0 radical (unpaired) electrons. The maximum absolute atomic E-state index is 13.0. The Kier molecular flexibility index (Phi) is 10.2. The third kappa shape index (κ3) is 6.80. The second-order valence-corrected chi connectivity index (χ2v) is 8.68. The molecule has 7 nitrogen and oxygen atoms in total. The highest BCUT2D eigenvalue weighted by Gasteiger charge is 2.25. The Balaban J connectivity index is 1.65. The van der Waals surface area contributed by atoms with Crippen LogP contribution in [-0.4, -0.2) is 50.2 Å². The van der Waals surface area contributed by atoms with E-state index >= 15 is 0 Å². The van der Waals surface area contributed by atoms with Gasteiger partial charge >= 0.3 is 5.97 Å². The zero-order valence-corrected chi connectivity index (χ0v) is 21.8. The van der Waals surface area contributed by atoms with Crippen molar-refractivity contribution in [2.24, 2.45) is 0 Å². The van der Waals surface area contributed by atoms with Gasteiger partial charge in [0.1, 0.15) is 23.0 Å². The van der Waals surface area contributed by atoms with E-state index < -0.39 is 0 Å². The van der Waals surface area contributed by atoms with Crippen LogP contribution in [-0.2, 0) is 11.2 Å². The molecule has 0 atom stereocenters. The number of hydrogen-bond acceptors (Lipinski definition) is 6. The molecule has 36 heavy (non-hydrogen) atoms. The van der Waals surface area contributed by atoms with Gasteiger partial charge in [0.2, 0.25) is 0 Å². The van der Waals surface area contributed by atoms with Crippen molar-refractivity contribution in [3.05, 3.63) is 53.1 Å². The van der Waals surface area contributed by atoms with Gasteiger partial charge < -0.3 is 23.8 Å². The van der Waals surface area contributed by atoms with Gasteiger partial charge in [-0.3, -0.25) is 9.59 Å². The van der Waals surface area contributed by atoms with Crippen LogP contribution in [0.15, 0.2) is 36.4 Å². The normalized spacial score (nSPS) is 13.2. The molecule has 1 fully saturated rings. The van der Waals surface area contributed by atoms with E-state index in [9.17, 15) is 9.59 Å². The number of benzene rings is 2. The van der Waals surface area contributed by atoms with Crippen LogP contribution in [0.4, 0.5) is 0 Å². The Hall–Kier alpha value is -3.48. The van der Waals surface area contributed by atoms with Crippen LogP contribution in [0.1, 0.15) is 67.9 Å². The molecule has 2 aromatic rings. The summed E-state index contributed by atoms with van der Waals surface area (Å²) >= 11 is 0. The Bertz CT molecular complexity index is 1070. The first-order chi connectivity index (χ1) is 17.5. The van der Waals surface area contributed by atoms with Crippen molar-refractivity contribution in [1.82, 2.24) is 4.90 Å². The fourth-order valence-corrected chi connectivity index (χ4v) is 4.36. The number of amides is 1. The quantitative estimate of drug-likeness (QED) is 0.214. The summed E-state index contributed by atoms with van der Waals surface area (Å²) < 4.78 is 23.1. The van der Waals surface area contributed by atoms with E-state index in [1.807, 2.05) is 42.2 Å². The number of carbonyl (C=O) groups excluding carboxylic acids is 2. The number of rotatable bonds is 12. The summed E-state index contributed by atoms with van der Waals surface area (Å²) in [5.74, 6) is 2.10. The second kappa shape index (κ2) is 13.6. The highest BCUT2D eigenvalue weighted by atomic mass is 16.5. The van der Waals surface area contributed by atoms with E-state index in [2.05, 4.69) is 6.92 Å². The van der Waals surface area contributed by atoms with Crippen molar-refractivity contribution in [3.63, 3.8) is 0 Å². The molecule has 0 aliphatic carbocycles. The second-order valence-electron chi connectivity index (χ2n) is 8.68. The first-order valence-electron chi connectivity index (χ1n) is 12.7. The van der Waals surface area contributed by atoms with Gasteiger partial charge in [-0.15, -0.1) is 0 Å². The molecule has 194 valence electrons. The molecule has 0 spiro atoms. The Morgan fingerprint density at radius 2 is 1.69 bits per heavy atom. The number of methoxy groups -OCH3 is 1. The molecule has 2 aromatic carbocycles. The zero-order valence-electron chi connectivity index (χ0n) is 21.8. The average Bonchev–Trinajstić information content (AvgIpc) is 3.40. The smallest absolute Gasteiger partial charge is 0.308 e. The molecule has 7 heteroatoms. The standard InChI is InChI=1S/C29H37NO6/c1-5-11-22-25(13-9-14-27(22)36-21(3)31)34-19-10-20-35-26-16-15-24(28(33-4)23(26)12-6-2)29(32)30-17-7-8-18-30/h6,9,12-16H,5,7-8,10-11,17-20H2,1-4H3. The highest BCUT2D eigenvalue weighted by Crippen LogP contribution is 2.35. The summed E-state index contributed by atoms with van der Waals surface area (Å²) in [6, 6.07) is 9.13. The number of allylic oxidation sites excluding steroid dienone is 1. The molecule has 1 heterocycles. The summed E-state index contributed by atoms with van der Waals surface area (Å²) in [4.78, 5) is 26.3. The molecular weight excluding hydrogens is 458 g/mol. The number of ether oxygens (including phenoxy) is 4. The lowest BCUT2D eigenvalue weighted by molar-refractivity contribution is -0.131. The lowest BCUT2D eigenvalue weighted by atomic mass is 10.1. The van der Waals surface area contributed by atoms with E-state index in [4.69, 9.17) is 18.9 Å². The zero-order chi connectivity index (χ0) is 25.9. The first kappa shape index (κ1) is 27.1. The molecule has 0 N–H and O–H groups in total. The van der Waals surface area contributed by atoms with Crippen molar-refractivity contribution in [2.45, 2.75) is 52.9 Å². The predicted molar refractivity (Wildman–Crippen MR) is 140 cm³/mol. The topological polar surface area (TPSA) is 74.3 Å². The molecule has 1 amide bonds. The van der Waals surface area contributed by atoms with E-state index in [1.54, 1.807) is 19.2 Å². The van der Waals surface area contributed by atoms with Crippen LogP contribution in [0.5, 0.6) is 23.0 Å². The lowest BCUT2D eigenvalue weighted by Crippen LogP contribution is -2.28. The van der Waals surface area contributed by atoms with Crippen LogP contribution in [0.25, 0.3) is 6.08 Å². The highest BCUT2D eigenvalue weighted by molar-refractivity contribution is 5.98. The van der Waals surface area contributed by atoms with E-state index in [-0.39, 0.29) is 11.9 Å². The minimum absolute atomic E-state index is 0.00563. The summed E-state index contributed by atoms with van der Waals surface area (Å²) in [6.45, 7) is 7.83. The predicted octanol–water partition coefficient (Wildman–Crippen LogP) is 5.69. The fraction of sp³-hybridized carbons (Fsp3) is 0.448. The summed E-state index contributed by atoms with van der Waals surface area (Å²) in [5, 5.41) is 0. The van der Waals surface area contributed by atoms with Crippen LogP contribution < -0.4 is 18.9 Å².